The monoisotopic (exact) mass is 357 g/mol. The number of hydrogen-bond acceptors (Lipinski definition) is 5. The van der Waals surface area contributed by atoms with Gasteiger partial charge in [0.15, 0.2) is 5.82 Å². The van der Waals surface area contributed by atoms with E-state index in [9.17, 15) is 9.18 Å². The first kappa shape index (κ1) is 17.1. The third-order valence-corrected chi connectivity index (χ3v) is 4.29. The highest BCUT2D eigenvalue weighted by Gasteiger charge is 2.13. The predicted molar refractivity (Wildman–Crippen MR) is 94.4 cm³/mol. The van der Waals surface area contributed by atoms with Crippen LogP contribution in [0.15, 0.2) is 47.8 Å². The second-order valence-corrected chi connectivity index (χ2v) is 6.33. The van der Waals surface area contributed by atoms with Crippen molar-refractivity contribution in [1.29, 1.82) is 0 Å². The van der Waals surface area contributed by atoms with Crippen molar-refractivity contribution in [2.24, 2.45) is 0 Å². The maximum absolute atomic E-state index is 12.9. The number of hydrogen-bond donors (Lipinski definition) is 1. The quantitative estimate of drug-likeness (QED) is 0.710. The first-order chi connectivity index (χ1) is 12.0. The summed E-state index contributed by atoms with van der Waals surface area (Å²) < 4.78 is 14.6. The summed E-state index contributed by atoms with van der Waals surface area (Å²) in [6.45, 7) is 3.84. The van der Waals surface area contributed by atoms with Gasteiger partial charge in [0.05, 0.1) is 11.4 Å². The third kappa shape index (κ3) is 4.21. The van der Waals surface area contributed by atoms with E-state index >= 15 is 0 Å². The molecule has 0 aliphatic heterocycles. The summed E-state index contributed by atoms with van der Waals surface area (Å²) in [6.07, 6.45) is 3.17. The summed E-state index contributed by atoms with van der Waals surface area (Å²) in [6, 6.07) is 7.58. The van der Waals surface area contributed by atoms with Gasteiger partial charge in [-0.05, 0) is 44.2 Å². The Morgan fingerprint density at radius 2 is 1.92 bits per heavy atom. The van der Waals surface area contributed by atoms with Crippen molar-refractivity contribution in [3.8, 4) is 5.82 Å². The molecule has 0 atom stereocenters. The van der Waals surface area contributed by atoms with E-state index in [-0.39, 0.29) is 17.5 Å². The lowest BCUT2D eigenvalue weighted by molar-refractivity contribution is -0.113. The Morgan fingerprint density at radius 1 is 1.20 bits per heavy atom. The number of aromatic nitrogens is 4. The smallest absolute Gasteiger partial charge is 0.234 e. The lowest BCUT2D eigenvalue weighted by Gasteiger charge is -2.09. The number of carbonyl (C=O) groups excluding carboxylic acids is 1. The molecular formula is C17H16FN5OS. The minimum absolute atomic E-state index is 0.155. The van der Waals surface area contributed by atoms with Crippen LogP contribution in [0.5, 0.6) is 0 Å². The van der Waals surface area contributed by atoms with E-state index in [0.29, 0.717) is 16.5 Å². The molecule has 0 radical (unpaired) electrons. The van der Waals surface area contributed by atoms with E-state index in [1.165, 1.54) is 36.0 Å². The van der Waals surface area contributed by atoms with Crippen molar-refractivity contribution in [2.75, 3.05) is 11.1 Å². The van der Waals surface area contributed by atoms with E-state index in [4.69, 9.17) is 0 Å². The summed E-state index contributed by atoms with van der Waals surface area (Å²) in [5.41, 5.74) is 2.37. The largest absolute Gasteiger partial charge is 0.325 e. The average Bonchev–Trinajstić information content (AvgIpc) is 2.93. The van der Waals surface area contributed by atoms with Crippen LogP contribution in [0.3, 0.4) is 0 Å². The Hall–Kier alpha value is -2.74. The number of thioether (sulfide) groups is 1. The molecule has 2 aromatic heterocycles. The molecule has 0 saturated heterocycles. The van der Waals surface area contributed by atoms with Crippen molar-refractivity contribution in [3.05, 3.63) is 59.9 Å². The van der Waals surface area contributed by atoms with Crippen LogP contribution in [-0.2, 0) is 4.79 Å². The molecule has 1 amide bonds. The molecule has 1 aromatic carbocycles. The molecule has 0 bridgehead atoms. The molecule has 0 aliphatic rings. The van der Waals surface area contributed by atoms with E-state index in [0.717, 1.165) is 11.4 Å². The zero-order chi connectivity index (χ0) is 17.8. The second kappa shape index (κ2) is 7.43. The number of anilines is 1. The number of halogens is 1. The van der Waals surface area contributed by atoms with Gasteiger partial charge in [-0.15, -0.1) is 0 Å². The molecule has 3 rings (SSSR count). The summed E-state index contributed by atoms with van der Waals surface area (Å²) in [5.74, 6) is 0.193. The Bertz CT molecular complexity index is 894. The van der Waals surface area contributed by atoms with Crippen molar-refractivity contribution in [3.63, 3.8) is 0 Å². The second-order valence-electron chi connectivity index (χ2n) is 5.37. The van der Waals surface area contributed by atoms with Gasteiger partial charge in [0.25, 0.3) is 0 Å². The number of aryl methyl sites for hydroxylation is 2. The minimum Gasteiger partial charge on any atom is -0.325 e. The van der Waals surface area contributed by atoms with Crippen LogP contribution in [-0.4, -0.2) is 31.4 Å². The van der Waals surface area contributed by atoms with Gasteiger partial charge in [-0.3, -0.25) is 4.79 Å². The number of amides is 1. The van der Waals surface area contributed by atoms with Crippen molar-refractivity contribution in [2.45, 2.75) is 18.9 Å². The Labute approximate surface area is 148 Å². The Balaban J connectivity index is 1.70. The zero-order valence-electron chi connectivity index (χ0n) is 13.7. The summed E-state index contributed by atoms with van der Waals surface area (Å²) in [4.78, 5) is 20.7. The van der Waals surface area contributed by atoms with E-state index in [2.05, 4.69) is 20.4 Å². The molecule has 0 unspecified atom stereocenters. The van der Waals surface area contributed by atoms with Gasteiger partial charge < -0.3 is 5.32 Å². The molecule has 0 fully saturated rings. The van der Waals surface area contributed by atoms with E-state index in [1.807, 2.05) is 19.9 Å². The van der Waals surface area contributed by atoms with Crippen LogP contribution in [0.25, 0.3) is 5.82 Å². The van der Waals surface area contributed by atoms with Gasteiger partial charge in [-0.25, -0.2) is 19.0 Å². The molecular weight excluding hydrogens is 341 g/mol. The molecule has 8 heteroatoms. The summed E-state index contributed by atoms with van der Waals surface area (Å²) in [5, 5.41) is 7.74. The number of carbonyl (C=O) groups is 1. The van der Waals surface area contributed by atoms with E-state index in [1.54, 1.807) is 17.1 Å². The van der Waals surface area contributed by atoms with Crippen molar-refractivity contribution >= 4 is 23.4 Å². The maximum Gasteiger partial charge on any atom is 0.234 e. The van der Waals surface area contributed by atoms with Crippen LogP contribution in [0.4, 0.5) is 10.1 Å². The maximum atomic E-state index is 12.9. The Morgan fingerprint density at radius 3 is 2.60 bits per heavy atom. The lowest BCUT2D eigenvalue weighted by atomic mass is 10.3. The van der Waals surface area contributed by atoms with Gasteiger partial charge in [-0.2, -0.15) is 5.10 Å². The highest BCUT2D eigenvalue weighted by molar-refractivity contribution is 8.00. The number of benzene rings is 1. The number of rotatable bonds is 5. The first-order valence-electron chi connectivity index (χ1n) is 7.56. The minimum atomic E-state index is -0.346. The molecule has 6 nitrogen and oxygen atoms in total. The fraction of sp³-hybridized carbons (Fsp3) is 0.176. The number of nitrogens with one attached hydrogen (secondary N) is 1. The standard InChI is InChI=1S/C17H16FN5OS/c1-11-9-12(2)23(22-11)16-17(20-8-7-19-16)25-10-15(24)21-14-5-3-13(18)4-6-14/h3-9H,10H2,1-2H3,(H,21,24). The van der Waals surface area contributed by atoms with E-state index < -0.39 is 0 Å². The molecule has 3 aromatic rings. The van der Waals surface area contributed by atoms with Crippen LogP contribution in [0.1, 0.15) is 11.4 Å². The zero-order valence-corrected chi connectivity index (χ0v) is 14.5. The number of nitrogens with zero attached hydrogens (tertiary/aromatic N) is 4. The molecule has 128 valence electrons. The molecule has 0 spiro atoms. The van der Waals surface area contributed by atoms with Gasteiger partial charge >= 0.3 is 0 Å². The molecule has 1 N–H and O–H groups in total. The highest BCUT2D eigenvalue weighted by atomic mass is 32.2. The Kier molecular flexibility index (Phi) is 5.08. The van der Waals surface area contributed by atoms with Gasteiger partial charge in [-0.1, -0.05) is 11.8 Å². The first-order valence-corrected chi connectivity index (χ1v) is 8.54. The van der Waals surface area contributed by atoms with Crippen LogP contribution >= 0.6 is 11.8 Å². The lowest BCUT2D eigenvalue weighted by Crippen LogP contribution is -2.14. The summed E-state index contributed by atoms with van der Waals surface area (Å²) in [7, 11) is 0. The predicted octanol–water partition coefficient (Wildman–Crippen LogP) is 3.15. The fourth-order valence-corrected chi connectivity index (χ4v) is 3.02. The van der Waals surface area contributed by atoms with Crippen molar-refractivity contribution < 1.29 is 9.18 Å². The molecule has 0 saturated carbocycles. The fourth-order valence-electron chi connectivity index (χ4n) is 2.27. The van der Waals surface area contributed by atoms with Crippen LogP contribution in [0, 0.1) is 19.7 Å². The van der Waals surface area contributed by atoms with Gasteiger partial charge in [0, 0.05) is 23.8 Å². The van der Waals surface area contributed by atoms with Gasteiger partial charge in [0.2, 0.25) is 5.91 Å². The van der Waals surface area contributed by atoms with Crippen molar-refractivity contribution in [1.82, 2.24) is 19.7 Å². The average molecular weight is 357 g/mol. The normalized spacial score (nSPS) is 10.7. The molecule has 25 heavy (non-hydrogen) atoms. The van der Waals surface area contributed by atoms with Crippen LogP contribution < -0.4 is 5.32 Å². The molecule has 2 heterocycles. The van der Waals surface area contributed by atoms with Gasteiger partial charge in [0.1, 0.15) is 10.8 Å². The molecule has 0 aliphatic carbocycles. The SMILES string of the molecule is Cc1cc(C)n(-c2nccnc2SCC(=O)Nc2ccc(F)cc2)n1. The highest BCUT2D eigenvalue weighted by Crippen LogP contribution is 2.23. The third-order valence-electron chi connectivity index (χ3n) is 3.32. The van der Waals surface area contributed by atoms with Crippen LogP contribution in [0.2, 0.25) is 0 Å². The summed E-state index contributed by atoms with van der Waals surface area (Å²) >= 11 is 1.27. The topological polar surface area (TPSA) is 72.7 Å².